The van der Waals surface area contributed by atoms with Gasteiger partial charge in [-0.15, -0.1) is 0 Å². The Morgan fingerprint density at radius 1 is 0.967 bits per heavy atom. The highest BCUT2D eigenvalue weighted by molar-refractivity contribution is 6.17. The molecule has 0 aliphatic rings. The summed E-state index contributed by atoms with van der Waals surface area (Å²) in [5, 5.41) is 12.2. The average Bonchev–Trinajstić information content (AvgIpc) is 2.75. The Bertz CT molecular complexity index is 956. The number of fused-ring (bicyclic) bond motifs is 1. The van der Waals surface area contributed by atoms with E-state index in [0.29, 0.717) is 5.56 Å². The van der Waals surface area contributed by atoms with Gasteiger partial charge < -0.3 is 28.4 Å². The van der Waals surface area contributed by atoms with Gasteiger partial charge >= 0.3 is 5.69 Å². The third-order valence-electron chi connectivity index (χ3n) is 4.47. The molecule has 0 radical (unpaired) electrons. The smallest absolute Gasteiger partial charge is 0.315 e. The van der Waals surface area contributed by atoms with E-state index in [0.717, 1.165) is 0 Å². The van der Waals surface area contributed by atoms with Gasteiger partial charge in [-0.25, -0.2) is 0 Å². The van der Waals surface area contributed by atoms with Crippen molar-refractivity contribution in [2.75, 3.05) is 42.0 Å². The second-order valence-electron chi connectivity index (χ2n) is 6.18. The summed E-state index contributed by atoms with van der Waals surface area (Å²) in [6.45, 7) is 3.11. The zero-order chi connectivity index (χ0) is 22.4. The molecule has 10 nitrogen and oxygen atoms in total. The summed E-state index contributed by atoms with van der Waals surface area (Å²) < 4.78 is 32.3. The molecule has 0 fully saturated rings. The number of nitro groups is 1. The molecule has 0 heterocycles. The topological polar surface area (TPSA) is 116 Å². The van der Waals surface area contributed by atoms with Gasteiger partial charge in [0.15, 0.2) is 19.4 Å². The first kappa shape index (κ1) is 23.2. The average molecular weight is 423 g/mol. The zero-order valence-corrected chi connectivity index (χ0v) is 17.8. The molecule has 30 heavy (non-hydrogen) atoms. The molecular weight excluding hydrogens is 398 g/mol. The maximum absolute atomic E-state index is 13.0. The predicted molar refractivity (Wildman–Crippen MR) is 108 cm³/mol. The third kappa shape index (κ3) is 4.10. The molecule has 0 aromatic heterocycles. The first-order valence-electron chi connectivity index (χ1n) is 9.04. The minimum atomic E-state index is -0.590. The van der Waals surface area contributed by atoms with E-state index in [4.69, 9.17) is 28.4 Å². The molecule has 2 aromatic carbocycles. The summed E-state index contributed by atoms with van der Waals surface area (Å²) in [6.07, 6.45) is 0.165. The van der Waals surface area contributed by atoms with E-state index < -0.39 is 4.92 Å². The molecule has 164 valence electrons. The van der Waals surface area contributed by atoms with E-state index in [9.17, 15) is 14.9 Å². The number of rotatable bonds is 11. The van der Waals surface area contributed by atoms with Crippen molar-refractivity contribution < 1.29 is 38.1 Å². The maximum atomic E-state index is 13.0. The molecule has 0 atom stereocenters. The Hall–Kier alpha value is -3.11. The molecule has 0 spiro atoms. The normalized spacial score (nSPS) is 10.7. The van der Waals surface area contributed by atoms with Crippen molar-refractivity contribution in [2.24, 2.45) is 0 Å². The van der Waals surface area contributed by atoms with Crippen molar-refractivity contribution in [3.63, 3.8) is 0 Å². The van der Waals surface area contributed by atoms with Gasteiger partial charge in [0.25, 0.3) is 0 Å². The van der Waals surface area contributed by atoms with Crippen LogP contribution >= 0.6 is 0 Å². The Morgan fingerprint density at radius 2 is 1.57 bits per heavy atom. The quantitative estimate of drug-likeness (QED) is 0.231. The summed E-state index contributed by atoms with van der Waals surface area (Å²) in [6, 6.07) is 1.21. The van der Waals surface area contributed by atoms with Crippen LogP contribution in [-0.4, -0.2) is 52.7 Å². The second-order valence-corrected chi connectivity index (χ2v) is 6.18. The summed E-state index contributed by atoms with van der Waals surface area (Å²) in [4.78, 5) is 24.1. The third-order valence-corrected chi connectivity index (χ3v) is 4.47. The number of ether oxygens (including phenoxy) is 6. The SMILES string of the molecule is CCC(=O)c1c(OCOC)c(C)c(OCOC)c2c(OC)c([N+](=O)[O-])cc(OC)c12. The summed E-state index contributed by atoms with van der Waals surface area (Å²) >= 11 is 0. The summed E-state index contributed by atoms with van der Waals surface area (Å²) in [7, 11) is 5.55. The molecule has 0 aliphatic carbocycles. The van der Waals surface area contributed by atoms with Crippen molar-refractivity contribution >= 4 is 22.2 Å². The van der Waals surface area contributed by atoms with E-state index in [2.05, 4.69) is 0 Å². The van der Waals surface area contributed by atoms with Gasteiger partial charge in [0, 0.05) is 31.6 Å². The number of Topliss-reactive ketones (excluding diaryl/α,β-unsaturated/α-hetero) is 1. The highest BCUT2D eigenvalue weighted by Crippen LogP contribution is 2.51. The number of carbonyl (C=O) groups is 1. The van der Waals surface area contributed by atoms with Crippen LogP contribution in [0.3, 0.4) is 0 Å². The summed E-state index contributed by atoms with van der Waals surface area (Å²) in [5.74, 6) is 0.245. The first-order valence-corrected chi connectivity index (χ1v) is 9.04. The van der Waals surface area contributed by atoms with Gasteiger partial charge in [0.2, 0.25) is 5.75 Å². The van der Waals surface area contributed by atoms with Crippen LogP contribution in [0.4, 0.5) is 5.69 Å². The van der Waals surface area contributed by atoms with Gasteiger partial charge in [-0.3, -0.25) is 14.9 Å². The Morgan fingerprint density at radius 3 is 2.03 bits per heavy atom. The fourth-order valence-electron chi connectivity index (χ4n) is 3.23. The molecule has 0 bridgehead atoms. The van der Waals surface area contributed by atoms with Crippen LogP contribution < -0.4 is 18.9 Å². The number of nitrogens with zero attached hydrogens (tertiary/aromatic N) is 1. The molecule has 0 aliphatic heterocycles. The van der Waals surface area contributed by atoms with Crippen LogP contribution in [-0.2, 0) is 9.47 Å². The molecule has 2 aromatic rings. The second kappa shape index (κ2) is 10.1. The minimum absolute atomic E-state index is 0.0616. The minimum Gasteiger partial charge on any atom is -0.496 e. The number of ketones is 1. The molecule has 0 saturated heterocycles. The van der Waals surface area contributed by atoms with Crippen LogP contribution in [0.2, 0.25) is 0 Å². The van der Waals surface area contributed by atoms with Crippen LogP contribution in [0, 0.1) is 17.0 Å². The van der Waals surface area contributed by atoms with E-state index in [1.54, 1.807) is 13.8 Å². The lowest BCUT2D eigenvalue weighted by Crippen LogP contribution is -2.12. The number of carbonyl (C=O) groups excluding carboxylic acids is 1. The lowest BCUT2D eigenvalue weighted by Gasteiger charge is -2.22. The number of hydrogen-bond donors (Lipinski definition) is 0. The number of benzene rings is 2. The van der Waals surface area contributed by atoms with Gasteiger partial charge in [0.05, 0.1) is 36.2 Å². The van der Waals surface area contributed by atoms with Crippen molar-refractivity contribution in [1.82, 2.24) is 0 Å². The molecular formula is C20H25NO9. The van der Waals surface area contributed by atoms with Gasteiger partial charge in [0.1, 0.15) is 17.2 Å². The van der Waals surface area contributed by atoms with Crippen molar-refractivity contribution in [3.05, 3.63) is 27.3 Å². The van der Waals surface area contributed by atoms with Crippen LogP contribution in [0.15, 0.2) is 6.07 Å². The predicted octanol–water partition coefficient (Wildman–Crippen LogP) is 3.63. The standard InChI is InChI=1S/C20H25NO9/c1-7-13(22)15-16-14(27-5)8-12(21(23)24)20(28-6)17(16)19(30-10-26-4)11(2)18(15)29-9-25-3/h8H,7,9-10H2,1-6H3. The van der Waals surface area contributed by atoms with Gasteiger partial charge in [-0.2, -0.15) is 0 Å². The monoisotopic (exact) mass is 423 g/mol. The van der Waals surface area contributed by atoms with Gasteiger partial charge in [-0.05, 0) is 6.92 Å². The van der Waals surface area contributed by atoms with E-state index in [1.165, 1.54) is 34.5 Å². The molecule has 0 amide bonds. The number of methoxy groups -OCH3 is 4. The lowest BCUT2D eigenvalue weighted by atomic mass is 9.93. The van der Waals surface area contributed by atoms with Crippen LogP contribution in [0.25, 0.3) is 10.8 Å². The van der Waals surface area contributed by atoms with Crippen LogP contribution in [0.1, 0.15) is 29.3 Å². The first-order chi connectivity index (χ1) is 14.4. The van der Waals surface area contributed by atoms with Crippen molar-refractivity contribution in [3.8, 4) is 23.0 Å². The Labute approximate surface area is 173 Å². The molecule has 0 saturated carbocycles. The molecule has 0 unspecified atom stereocenters. The lowest BCUT2D eigenvalue weighted by molar-refractivity contribution is -0.385. The van der Waals surface area contributed by atoms with Gasteiger partial charge in [-0.1, -0.05) is 6.92 Å². The Kier molecular flexibility index (Phi) is 7.79. The molecule has 0 N–H and O–H groups in total. The highest BCUT2D eigenvalue weighted by atomic mass is 16.7. The maximum Gasteiger partial charge on any atom is 0.315 e. The number of hydrogen-bond acceptors (Lipinski definition) is 9. The molecule has 10 heteroatoms. The highest BCUT2D eigenvalue weighted by Gasteiger charge is 2.32. The summed E-state index contributed by atoms with van der Waals surface area (Å²) in [5.41, 5.74) is 0.315. The fraction of sp³-hybridized carbons (Fsp3) is 0.450. The largest absolute Gasteiger partial charge is 0.496 e. The fourth-order valence-corrected chi connectivity index (χ4v) is 3.23. The van der Waals surface area contributed by atoms with E-state index in [1.807, 2.05) is 0 Å². The van der Waals surface area contributed by atoms with E-state index in [-0.39, 0.29) is 70.8 Å². The van der Waals surface area contributed by atoms with Crippen LogP contribution in [0.5, 0.6) is 23.0 Å². The van der Waals surface area contributed by atoms with Crippen molar-refractivity contribution in [2.45, 2.75) is 20.3 Å². The Balaban J connectivity index is 3.17. The zero-order valence-electron chi connectivity index (χ0n) is 17.8. The van der Waals surface area contributed by atoms with Crippen molar-refractivity contribution in [1.29, 1.82) is 0 Å². The van der Waals surface area contributed by atoms with E-state index >= 15 is 0 Å². The molecule has 2 rings (SSSR count). The number of nitro benzene ring substituents is 1.